The number of esters is 3. The number of ether oxygens (including phenoxy) is 3. The van der Waals surface area contributed by atoms with E-state index < -0.39 is 60.4 Å². The number of carbonyl (C=O) groups is 3. The van der Waals surface area contributed by atoms with Gasteiger partial charge in [0.2, 0.25) is 12.9 Å². The van der Waals surface area contributed by atoms with Gasteiger partial charge in [-0.05, 0) is 58.4 Å². The molecule has 0 amide bonds. The molecular formula is C33H52F6IO12-. The molecule has 0 radical (unpaired) electrons. The van der Waals surface area contributed by atoms with Gasteiger partial charge in [0.25, 0.3) is 6.43 Å². The van der Waals surface area contributed by atoms with E-state index in [1.54, 1.807) is 41.5 Å². The first kappa shape index (κ1) is 63.6. The van der Waals surface area contributed by atoms with Crippen molar-refractivity contribution >= 4 is 36.4 Å². The smallest absolute Gasteiger partial charge is 0.373 e. The summed E-state index contributed by atoms with van der Waals surface area (Å²) < 4.78 is 86.7. The molecule has 1 saturated carbocycles. The summed E-state index contributed by atoms with van der Waals surface area (Å²) in [6.45, 7) is 18.6. The maximum atomic E-state index is 12.3. The molecule has 52 heavy (non-hydrogen) atoms. The number of rotatable bonds is 13. The quantitative estimate of drug-likeness (QED) is 0.0861. The van der Waals surface area contributed by atoms with Gasteiger partial charge in [0, 0.05) is 17.4 Å². The Kier molecular flexibility index (Phi) is 51.4. The molecular weight excluding hydrogens is 829 g/mol. The second-order valence-electron chi connectivity index (χ2n) is 10.4. The summed E-state index contributed by atoms with van der Waals surface area (Å²) in [6, 6.07) is 0. The molecule has 0 aromatic heterocycles. The fourth-order valence-corrected chi connectivity index (χ4v) is 3.61. The Morgan fingerprint density at radius 1 is 0.731 bits per heavy atom. The van der Waals surface area contributed by atoms with Gasteiger partial charge in [0.1, 0.15) is 0 Å². The van der Waals surface area contributed by atoms with E-state index in [0.29, 0.717) is 18.9 Å². The lowest BCUT2D eigenvalue weighted by Gasteiger charge is -2.19. The van der Waals surface area contributed by atoms with Crippen molar-refractivity contribution in [1.82, 2.24) is 0 Å². The monoisotopic (exact) mass is 881 g/mol. The van der Waals surface area contributed by atoms with Crippen LogP contribution in [0.1, 0.15) is 94.9 Å². The lowest BCUT2D eigenvalue weighted by Crippen LogP contribution is -3.00. The topological polar surface area (TPSA) is 181 Å². The summed E-state index contributed by atoms with van der Waals surface area (Å²) in [4.78, 5) is 82.1. The molecule has 0 aromatic carbocycles. The summed E-state index contributed by atoms with van der Waals surface area (Å²) in [5.74, 6) is -3.18. The number of hydrogen-bond donors (Lipinski definition) is 0. The highest BCUT2D eigenvalue weighted by molar-refractivity contribution is 5.88. The molecule has 4 unspecified atom stereocenters. The molecule has 0 saturated heterocycles. The van der Waals surface area contributed by atoms with Gasteiger partial charge in [-0.25, -0.2) is 31.1 Å². The van der Waals surface area contributed by atoms with E-state index in [4.69, 9.17) is 38.2 Å². The van der Waals surface area contributed by atoms with Crippen molar-refractivity contribution in [3.63, 3.8) is 0 Å². The summed E-state index contributed by atoms with van der Waals surface area (Å²) in [5.41, 5.74) is -0.837. The van der Waals surface area contributed by atoms with Gasteiger partial charge < -0.3 is 38.2 Å². The molecule has 0 spiro atoms. The molecule has 19 heteroatoms. The van der Waals surface area contributed by atoms with Crippen LogP contribution in [-0.2, 0) is 57.4 Å². The van der Waals surface area contributed by atoms with Gasteiger partial charge >= 0.3 is 36.4 Å². The Morgan fingerprint density at radius 2 is 1.12 bits per heavy atom. The van der Waals surface area contributed by atoms with Crippen LogP contribution in [0, 0.1) is 29.1 Å². The van der Waals surface area contributed by atoms with Crippen LogP contribution in [0.2, 0.25) is 0 Å². The zero-order chi connectivity index (χ0) is 41.8. The van der Waals surface area contributed by atoms with Crippen LogP contribution in [0.3, 0.4) is 0 Å². The van der Waals surface area contributed by atoms with E-state index in [0.717, 1.165) is 5.92 Å². The van der Waals surface area contributed by atoms with E-state index in [1.807, 2.05) is 0 Å². The number of allylic oxidation sites excluding steroid dienone is 1. The summed E-state index contributed by atoms with van der Waals surface area (Å²) in [6.07, 6.45) is -4.70. The van der Waals surface area contributed by atoms with Gasteiger partial charge in [-0.2, -0.15) is 28.8 Å². The molecule has 1 aliphatic rings. The third kappa shape index (κ3) is 36.4. The molecule has 0 aliphatic heterocycles. The third-order valence-corrected chi connectivity index (χ3v) is 6.06. The van der Waals surface area contributed by atoms with Gasteiger partial charge in [-0.15, -0.1) is 0 Å². The van der Waals surface area contributed by atoms with Crippen molar-refractivity contribution in [2.75, 3.05) is 19.8 Å². The van der Waals surface area contributed by atoms with E-state index in [9.17, 15) is 40.7 Å². The molecule has 4 atom stereocenters. The van der Waals surface area contributed by atoms with E-state index in [1.165, 1.54) is 6.92 Å². The highest BCUT2D eigenvalue weighted by atomic mass is 127. The van der Waals surface area contributed by atoms with Crippen LogP contribution in [0.5, 0.6) is 0 Å². The van der Waals surface area contributed by atoms with Gasteiger partial charge in [0.15, 0.2) is 0 Å². The van der Waals surface area contributed by atoms with Crippen molar-refractivity contribution < 1.29 is 108 Å². The molecule has 1 aliphatic carbocycles. The second kappa shape index (κ2) is 42.0. The fourth-order valence-electron chi connectivity index (χ4n) is 3.61. The molecule has 1 rings (SSSR count). The molecule has 0 aromatic rings. The molecule has 0 heterocycles. The van der Waals surface area contributed by atoms with Gasteiger partial charge in [-0.3, -0.25) is 9.59 Å². The third-order valence-electron chi connectivity index (χ3n) is 6.06. The first-order valence-electron chi connectivity index (χ1n) is 15.8. The largest absolute Gasteiger partial charge is 1.00 e. The van der Waals surface area contributed by atoms with Crippen LogP contribution in [-0.4, -0.2) is 75.5 Å². The Hall–Kier alpha value is -3.40. The standard InChI is InChI=1S/C9H14F2O2.C9H16F2O2.C8H12F2O2.C4H10.3CO2.HI/c1-3-9(8(12)13-4-2)5-6(9)7(10)11;1-4-7(6(3)8(10)11)9(12)13-5-2;1-3-6(5-7(9)10)8(11)12-4-2;1-4(2)3;3*2-1-3;/h6-7H,3-5H2,1-2H3;6-8H,4-5H2,1-3H3;5,7H,3-4H2,1-2H3;4H,1-3H3;;;;1H/p-1/b;;6-5-;;;;;. The molecule has 0 N–H and O–H groups in total. The van der Waals surface area contributed by atoms with Crippen LogP contribution in [0.25, 0.3) is 0 Å². The van der Waals surface area contributed by atoms with Crippen LogP contribution >= 0.6 is 0 Å². The maximum Gasteiger partial charge on any atom is 0.373 e. The Bertz CT molecular complexity index is 1010. The predicted octanol–water partition coefficient (Wildman–Crippen LogP) is 3.77. The number of carbonyl (C=O) groups excluding carboxylic acids is 9. The fraction of sp³-hybridized carbons (Fsp3) is 0.758. The minimum atomic E-state index is -2.59. The number of alkyl halides is 6. The SMILES string of the molecule is CC(C)C.CCOC(=O)/C(=C\C(F)F)CC.CCOC(=O)C(CC)C(C)C(F)F.CCOC(=O)C1(CC)CC1C(F)F.O=C=O.O=C=O.O=C=O.[I-]. The highest BCUT2D eigenvalue weighted by Crippen LogP contribution is 2.58. The Labute approximate surface area is 318 Å². The average molecular weight is 882 g/mol. The minimum Gasteiger partial charge on any atom is -1.00 e. The maximum absolute atomic E-state index is 12.3. The molecule has 0 bridgehead atoms. The average Bonchev–Trinajstić information content (AvgIpc) is 3.79. The Morgan fingerprint density at radius 3 is 1.35 bits per heavy atom. The first-order chi connectivity index (χ1) is 23.7. The Balaban J connectivity index is -0.0000000991. The normalized spacial score (nSPS) is 15.8. The van der Waals surface area contributed by atoms with Crippen molar-refractivity contribution in [3.8, 4) is 0 Å². The van der Waals surface area contributed by atoms with Crippen molar-refractivity contribution in [1.29, 1.82) is 0 Å². The van der Waals surface area contributed by atoms with Gasteiger partial charge in [-0.1, -0.05) is 48.5 Å². The summed E-state index contributed by atoms with van der Waals surface area (Å²) in [5, 5.41) is 0. The van der Waals surface area contributed by atoms with Crippen molar-refractivity contribution in [2.24, 2.45) is 29.1 Å². The zero-order valence-corrected chi connectivity index (χ0v) is 33.3. The zero-order valence-electron chi connectivity index (χ0n) is 31.1. The lowest BCUT2D eigenvalue weighted by molar-refractivity contribution is -0.193. The first-order valence-corrected chi connectivity index (χ1v) is 15.8. The van der Waals surface area contributed by atoms with Crippen LogP contribution in [0.15, 0.2) is 11.6 Å². The molecule has 1 fully saturated rings. The van der Waals surface area contributed by atoms with Gasteiger partial charge in [0.05, 0.1) is 31.2 Å². The van der Waals surface area contributed by atoms with Crippen molar-refractivity contribution in [3.05, 3.63) is 11.6 Å². The second-order valence-corrected chi connectivity index (χ2v) is 10.4. The van der Waals surface area contributed by atoms with Crippen molar-refractivity contribution in [2.45, 2.75) is 114 Å². The summed E-state index contributed by atoms with van der Waals surface area (Å²) >= 11 is 0. The molecule has 12 nitrogen and oxygen atoms in total. The number of halogens is 7. The van der Waals surface area contributed by atoms with E-state index in [2.05, 4.69) is 25.5 Å². The highest BCUT2D eigenvalue weighted by Gasteiger charge is 2.63. The predicted molar refractivity (Wildman–Crippen MR) is 166 cm³/mol. The van der Waals surface area contributed by atoms with Crippen LogP contribution in [0.4, 0.5) is 26.3 Å². The lowest BCUT2D eigenvalue weighted by atomic mass is 9.92. The number of hydrogen-bond acceptors (Lipinski definition) is 12. The van der Waals surface area contributed by atoms with E-state index in [-0.39, 0.29) is 80.7 Å². The summed E-state index contributed by atoms with van der Waals surface area (Å²) in [7, 11) is 0. The van der Waals surface area contributed by atoms with E-state index >= 15 is 0 Å². The molecule has 306 valence electrons. The minimum absolute atomic E-state index is 0. The van der Waals surface area contributed by atoms with Crippen LogP contribution < -0.4 is 24.0 Å².